The number of hydrogen-bond donors (Lipinski definition) is 2. The van der Waals surface area contributed by atoms with Crippen molar-refractivity contribution in [3.8, 4) is 0 Å². The van der Waals surface area contributed by atoms with Crippen LogP contribution in [0.5, 0.6) is 0 Å². The maximum atomic E-state index is 11.8. The Morgan fingerprint density at radius 3 is 2.68 bits per heavy atom. The van der Waals surface area contributed by atoms with Crippen LogP contribution in [0.4, 0.5) is 9.93 Å². The van der Waals surface area contributed by atoms with Gasteiger partial charge in [0.25, 0.3) is 0 Å². The van der Waals surface area contributed by atoms with Crippen LogP contribution in [0, 0.1) is 0 Å². The molecule has 2 rings (SSSR count). The zero-order valence-electron chi connectivity index (χ0n) is 11.6. The third-order valence-electron chi connectivity index (χ3n) is 3.23. The number of nitrogens with one attached hydrogen (secondary N) is 2. The molecule has 2 N–H and O–H groups in total. The van der Waals surface area contributed by atoms with Crippen LogP contribution in [-0.4, -0.2) is 46.5 Å². The Hall–Kier alpha value is -1.21. The molecule has 1 aromatic heterocycles. The van der Waals surface area contributed by atoms with Gasteiger partial charge in [0.05, 0.1) is 0 Å². The van der Waals surface area contributed by atoms with Crippen molar-refractivity contribution < 1.29 is 4.79 Å². The van der Waals surface area contributed by atoms with Crippen molar-refractivity contribution in [1.82, 2.24) is 19.6 Å². The van der Waals surface area contributed by atoms with Crippen LogP contribution >= 0.6 is 11.5 Å². The van der Waals surface area contributed by atoms with Crippen molar-refractivity contribution in [2.24, 2.45) is 0 Å². The lowest BCUT2D eigenvalue weighted by molar-refractivity contribution is 0.221. The molecule has 106 valence electrons. The van der Waals surface area contributed by atoms with E-state index < -0.39 is 0 Å². The maximum absolute atomic E-state index is 11.8. The number of amides is 2. The molecule has 0 unspecified atom stereocenters. The van der Waals surface area contributed by atoms with Crippen LogP contribution in [0.3, 0.4) is 0 Å². The molecule has 19 heavy (non-hydrogen) atoms. The van der Waals surface area contributed by atoms with Gasteiger partial charge in [-0.25, -0.2) is 9.78 Å². The fourth-order valence-corrected chi connectivity index (χ4v) is 2.70. The van der Waals surface area contributed by atoms with Crippen molar-refractivity contribution in [3.63, 3.8) is 0 Å². The predicted octanol–water partition coefficient (Wildman–Crippen LogP) is 1.88. The Morgan fingerprint density at radius 1 is 1.42 bits per heavy atom. The molecule has 0 aliphatic carbocycles. The second-order valence-corrected chi connectivity index (χ2v) is 6.04. The fraction of sp³-hybridized carbons (Fsp3) is 0.750. The van der Waals surface area contributed by atoms with E-state index in [1.165, 1.54) is 11.5 Å². The monoisotopic (exact) mass is 283 g/mol. The number of likely N-dealkylation sites (tertiary alicyclic amines) is 1. The molecule has 1 aromatic rings. The highest BCUT2D eigenvalue weighted by Crippen LogP contribution is 2.17. The second-order valence-electron chi connectivity index (χ2n) is 5.29. The van der Waals surface area contributed by atoms with Crippen LogP contribution in [0.15, 0.2) is 0 Å². The average Bonchev–Trinajstić information content (AvgIpc) is 2.80. The van der Waals surface area contributed by atoms with E-state index in [2.05, 4.69) is 31.9 Å². The van der Waals surface area contributed by atoms with Crippen LogP contribution < -0.4 is 10.6 Å². The summed E-state index contributed by atoms with van der Waals surface area (Å²) in [5, 5.41) is 6.31. The number of piperidine rings is 1. The SMILES string of the molecule is CC(C)c1nsc(NC(=O)NC2CCN(C)CC2)n1. The summed E-state index contributed by atoms with van der Waals surface area (Å²) in [7, 11) is 2.10. The van der Waals surface area contributed by atoms with E-state index >= 15 is 0 Å². The zero-order valence-corrected chi connectivity index (χ0v) is 12.5. The molecule has 0 aromatic carbocycles. The minimum absolute atomic E-state index is 0.180. The molecule has 0 bridgehead atoms. The van der Waals surface area contributed by atoms with E-state index in [4.69, 9.17) is 0 Å². The summed E-state index contributed by atoms with van der Waals surface area (Å²) in [5.41, 5.74) is 0. The van der Waals surface area contributed by atoms with E-state index in [1.807, 2.05) is 13.8 Å². The summed E-state index contributed by atoms with van der Waals surface area (Å²) in [6.07, 6.45) is 1.99. The molecule has 6 nitrogen and oxygen atoms in total. The highest BCUT2D eigenvalue weighted by molar-refractivity contribution is 7.09. The number of nitrogens with zero attached hydrogens (tertiary/aromatic N) is 3. The van der Waals surface area contributed by atoms with Crippen molar-refractivity contribution in [3.05, 3.63) is 5.82 Å². The molecule has 2 amide bonds. The Kier molecular flexibility index (Phi) is 4.71. The number of urea groups is 1. The summed E-state index contributed by atoms with van der Waals surface area (Å²) >= 11 is 1.23. The number of anilines is 1. The van der Waals surface area contributed by atoms with Gasteiger partial charge >= 0.3 is 6.03 Å². The molecular formula is C12H21N5OS. The van der Waals surface area contributed by atoms with E-state index in [0.29, 0.717) is 5.13 Å². The first-order valence-electron chi connectivity index (χ1n) is 6.64. The lowest BCUT2D eigenvalue weighted by Gasteiger charge is -2.29. The molecule has 1 fully saturated rings. The summed E-state index contributed by atoms with van der Waals surface area (Å²) in [4.78, 5) is 18.4. The molecule has 7 heteroatoms. The van der Waals surface area contributed by atoms with Gasteiger partial charge in [-0.15, -0.1) is 0 Å². The second kappa shape index (κ2) is 6.29. The van der Waals surface area contributed by atoms with E-state index in [1.54, 1.807) is 0 Å². The number of carbonyl (C=O) groups excluding carboxylic acids is 1. The summed E-state index contributed by atoms with van der Waals surface area (Å²) in [6, 6.07) is 0.0784. The molecule has 0 spiro atoms. The van der Waals surface area contributed by atoms with E-state index in [9.17, 15) is 4.79 Å². The Bertz CT molecular complexity index is 426. The molecule has 1 aliphatic rings. The highest BCUT2D eigenvalue weighted by Gasteiger charge is 2.19. The van der Waals surface area contributed by atoms with Crippen LogP contribution in [0.1, 0.15) is 38.4 Å². The summed E-state index contributed by atoms with van der Waals surface area (Å²) < 4.78 is 4.21. The van der Waals surface area contributed by atoms with Gasteiger partial charge in [0.2, 0.25) is 5.13 Å². The lowest BCUT2D eigenvalue weighted by Crippen LogP contribution is -2.44. The minimum Gasteiger partial charge on any atom is -0.335 e. The van der Waals surface area contributed by atoms with Crippen molar-refractivity contribution >= 4 is 22.7 Å². The van der Waals surface area contributed by atoms with Gasteiger partial charge in [0.15, 0.2) is 0 Å². The third kappa shape index (κ3) is 4.14. The maximum Gasteiger partial charge on any atom is 0.321 e. The third-order valence-corrected chi connectivity index (χ3v) is 3.88. The number of rotatable bonds is 3. The highest BCUT2D eigenvalue weighted by atomic mass is 32.1. The molecule has 1 aliphatic heterocycles. The summed E-state index contributed by atoms with van der Waals surface area (Å²) in [5.74, 6) is 1.06. The van der Waals surface area contributed by atoms with Gasteiger partial charge in [-0.1, -0.05) is 13.8 Å². The Labute approximate surface area is 117 Å². The largest absolute Gasteiger partial charge is 0.335 e. The van der Waals surface area contributed by atoms with Gasteiger partial charge in [0.1, 0.15) is 5.82 Å². The molecule has 2 heterocycles. The molecular weight excluding hydrogens is 262 g/mol. The minimum atomic E-state index is -0.180. The zero-order chi connectivity index (χ0) is 13.8. The summed E-state index contributed by atoms with van der Waals surface area (Å²) in [6.45, 7) is 6.12. The van der Waals surface area contributed by atoms with Crippen LogP contribution in [0.25, 0.3) is 0 Å². The smallest absolute Gasteiger partial charge is 0.321 e. The van der Waals surface area contributed by atoms with Crippen LogP contribution in [-0.2, 0) is 0 Å². The molecule has 1 saturated heterocycles. The average molecular weight is 283 g/mol. The van der Waals surface area contributed by atoms with Gasteiger partial charge in [-0.3, -0.25) is 5.32 Å². The number of aromatic nitrogens is 2. The van der Waals surface area contributed by atoms with Crippen molar-refractivity contribution in [1.29, 1.82) is 0 Å². The standard InChI is InChI=1S/C12H21N5OS/c1-8(2)10-14-12(19-16-10)15-11(18)13-9-4-6-17(3)7-5-9/h8-9H,4-7H2,1-3H3,(H2,13,14,15,16,18). The van der Waals surface area contributed by atoms with Crippen LogP contribution in [0.2, 0.25) is 0 Å². The first-order chi connectivity index (χ1) is 9.04. The van der Waals surface area contributed by atoms with E-state index in [0.717, 1.165) is 31.8 Å². The Balaban J connectivity index is 1.80. The van der Waals surface area contributed by atoms with Gasteiger partial charge in [-0.2, -0.15) is 4.37 Å². The van der Waals surface area contributed by atoms with Gasteiger partial charge < -0.3 is 10.2 Å². The van der Waals surface area contributed by atoms with Gasteiger partial charge in [0, 0.05) is 23.5 Å². The number of carbonyl (C=O) groups is 1. The fourth-order valence-electron chi connectivity index (χ4n) is 1.99. The molecule has 0 radical (unpaired) electrons. The lowest BCUT2D eigenvalue weighted by atomic mass is 10.1. The van der Waals surface area contributed by atoms with Gasteiger partial charge in [-0.05, 0) is 33.0 Å². The molecule has 0 atom stereocenters. The van der Waals surface area contributed by atoms with E-state index in [-0.39, 0.29) is 18.0 Å². The topological polar surface area (TPSA) is 70.2 Å². The quantitative estimate of drug-likeness (QED) is 0.888. The molecule has 0 saturated carbocycles. The van der Waals surface area contributed by atoms with Crippen molar-refractivity contribution in [2.45, 2.75) is 38.6 Å². The first kappa shape index (κ1) is 14.2. The predicted molar refractivity (Wildman–Crippen MR) is 76.7 cm³/mol. The first-order valence-corrected chi connectivity index (χ1v) is 7.41. The van der Waals surface area contributed by atoms with Crippen molar-refractivity contribution in [2.75, 3.05) is 25.5 Å². The Morgan fingerprint density at radius 2 is 2.11 bits per heavy atom. The normalized spacial score (nSPS) is 17.7. The number of hydrogen-bond acceptors (Lipinski definition) is 5.